The van der Waals surface area contributed by atoms with Gasteiger partial charge >= 0.3 is 0 Å². The van der Waals surface area contributed by atoms with E-state index < -0.39 is 0 Å². The number of nitrogens with two attached hydrogens (primary N) is 1. The van der Waals surface area contributed by atoms with E-state index in [4.69, 9.17) is 5.84 Å². The highest BCUT2D eigenvalue weighted by Crippen LogP contribution is 2.07. The molecule has 0 amide bonds. The molecule has 0 aromatic carbocycles. The van der Waals surface area contributed by atoms with Crippen molar-refractivity contribution in [3.8, 4) is 0 Å². The number of unbranched alkanes of at least 4 members (excludes halogenated alkanes) is 4. The zero-order valence-corrected chi connectivity index (χ0v) is 10.9. The first-order valence-corrected chi connectivity index (χ1v) is 6.43. The smallest absolute Gasteiger partial charge is 0.0569 e. The molecule has 0 heterocycles. The molecule has 0 aromatic heterocycles. The fourth-order valence-electron chi connectivity index (χ4n) is 1.59. The van der Waals surface area contributed by atoms with Gasteiger partial charge in [0.2, 0.25) is 0 Å². The van der Waals surface area contributed by atoms with Crippen molar-refractivity contribution in [3.63, 3.8) is 0 Å². The van der Waals surface area contributed by atoms with Gasteiger partial charge in [-0.3, -0.25) is 4.99 Å². The Bertz CT molecular complexity index is 199. The Balaban J connectivity index is 3.69. The highest BCUT2D eigenvalue weighted by molar-refractivity contribution is 5.28. The molecule has 0 unspecified atom stereocenters. The summed E-state index contributed by atoms with van der Waals surface area (Å²) in [6.07, 6.45) is 10.3. The molecule has 0 bridgehead atoms. The summed E-state index contributed by atoms with van der Waals surface area (Å²) in [6, 6.07) is 0. The number of aliphatic imine (C=N–C) groups is 1. The van der Waals surface area contributed by atoms with E-state index in [1.165, 1.54) is 25.7 Å². The summed E-state index contributed by atoms with van der Waals surface area (Å²) in [4.78, 5) is 3.96. The van der Waals surface area contributed by atoms with Gasteiger partial charge in [0.25, 0.3) is 0 Å². The summed E-state index contributed by atoms with van der Waals surface area (Å²) in [6.45, 7) is 8.82. The van der Waals surface area contributed by atoms with E-state index in [9.17, 15) is 0 Å². The number of nitrogens with zero attached hydrogens (tertiary/aromatic N) is 2. The Morgan fingerprint density at radius 3 is 2.44 bits per heavy atom. The van der Waals surface area contributed by atoms with Gasteiger partial charge < -0.3 is 5.01 Å². The van der Waals surface area contributed by atoms with E-state index in [-0.39, 0.29) is 0 Å². The van der Waals surface area contributed by atoms with Gasteiger partial charge in [0.15, 0.2) is 0 Å². The third-order valence-electron chi connectivity index (χ3n) is 2.54. The third kappa shape index (κ3) is 8.48. The second-order valence-corrected chi connectivity index (χ2v) is 4.18. The molecule has 0 radical (unpaired) electrons. The van der Waals surface area contributed by atoms with Crippen LogP contribution in [-0.2, 0) is 0 Å². The molecule has 0 fully saturated rings. The van der Waals surface area contributed by atoms with Crippen LogP contribution in [0.15, 0.2) is 16.9 Å². The van der Waals surface area contributed by atoms with Gasteiger partial charge in [-0.15, -0.1) is 0 Å². The maximum Gasteiger partial charge on any atom is 0.0569 e. The van der Waals surface area contributed by atoms with Crippen molar-refractivity contribution in [2.45, 2.75) is 58.8 Å². The second kappa shape index (κ2) is 10.7. The van der Waals surface area contributed by atoms with Gasteiger partial charge in [-0.2, -0.15) is 0 Å². The van der Waals surface area contributed by atoms with Crippen LogP contribution in [0.3, 0.4) is 0 Å². The Kier molecular flexibility index (Phi) is 10.1. The van der Waals surface area contributed by atoms with Crippen molar-refractivity contribution < 1.29 is 0 Å². The van der Waals surface area contributed by atoms with Crippen molar-refractivity contribution >= 4 is 6.72 Å². The second-order valence-electron chi connectivity index (χ2n) is 4.18. The topological polar surface area (TPSA) is 41.6 Å². The van der Waals surface area contributed by atoms with Crippen molar-refractivity contribution in [3.05, 3.63) is 11.9 Å². The Morgan fingerprint density at radius 2 is 1.88 bits per heavy atom. The summed E-state index contributed by atoms with van der Waals surface area (Å²) in [5.74, 6) is 5.86. The molecular weight excluding hydrogens is 198 g/mol. The van der Waals surface area contributed by atoms with E-state index in [0.717, 1.165) is 31.5 Å². The molecule has 94 valence electrons. The maximum absolute atomic E-state index is 5.86. The summed E-state index contributed by atoms with van der Waals surface area (Å²) in [5.41, 5.74) is 0.985. The van der Waals surface area contributed by atoms with E-state index in [1.54, 1.807) is 5.01 Å². The Morgan fingerprint density at radius 1 is 1.19 bits per heavy atom. The highest BCUT2D eigenvalue weighted by atomic mass is 15.4. The molecule has 0 atom stereocenters. The van der Waals surface area contributed by atoms with Gasteiger partial charge in [-0.05, 0) is 19.6 Å². The molecule has 0 aliphatic rings. The zero-order chi connectivity index (χ0) is 12.2. The standard InChI is InChI=1S/C13H27N3/c1-4-6-7-8-9-11-16(14)12-13(15-3)10-5-2/h12H,3-11,14H2,1-2H3/b13-12-. The summed E-state index contributed by atoms with van der Waals surface area (Å²) in [7, 11) is 0. The number of allylic oxidation sites excluding steroid dienone is 1. The van der Waals surface area contributed by atoms with Crippen LogP contribution in [-0.4, -0.2) is 18.3 Å². The predicted octanol–water partition coefficient (Wildman–Crippen LogP) is 3.47. The van der Waals surface area contributed by atoms with Crippen LogP contribution >= 0.6 is 0 Å². The molecule has 0 spiro atoms. The van der Waals surface area contributed by atoms with Crippen LogP contribution in [0.1, 0.15) is 58.8 Å². The Labute approximate surface area is 100 Å². The predicted molar refractivity (Wildman–Crippen MR) is 72.2 cm³/mol. The normalized spacial score (nSPS) is 11.6. The van der Waals surface area contributed by atoms with Gasteiger partial charge in [-0.1, -0.05) is 46.0 Å². The van der Waals surface area contributed by atoms with E-state index >= 15 is 0 Å². The molecule has 2 N–H and O–H groups in total. The third-order valence-corrected chi connectivity index (χ3v) is 2.54. The monoisotopic (exact) mass is 225 g/mol. The summed E-state index contributed by atoms with van der Waals surface area (Å²) >= 11 is 0. The summed E-state index contributed by atoms with van der Waals surface area (Å²) in [5, 5.41) is 1.74. The molecule has 3 nitrogen and oxygen atoms in total. The summed E-state index contributed by atoms with van der Waals surface area (Å²) < 4.78 is 0. The zero-order valence-electron chi connectivity index (χ0n) is 10.9. The minimum atomic E-state index is 0.909. The van der Waals surface area contributed by atoms with E-state index in [2.05, 4.69) is 25.6 Å². The van der Waals surface area contributed by atoms with Crippen LogP contribution < -0.4 is 5.84 Å². The highest BCUT2D eigenvalue weighted by Gasteiger charge is 1.97. The minimum Gasteiger partial charge on any atom is -0.316 e. The first kappa shape index (κ1) is 15.2. The lowest BCUT2D eigenvalue weighted by Crippen LogP contribution is -2.26. The van der Waals surface area contributed by atoms with Gasteiger partial charge in [0.1, 0.15) is 0 Å². The SMILES string of the molecule is C=N/C(=C\N(N)CCCCCCC)CCC. The van der Waals surface area contributed by atoms with Crippen LogP contribution in [0.4, 0.5) is 0 Å². The fourth-order valence-corrected chi connectivity index (χ4v) is 1.59. The van der Waals surface area contributed by atoms with E-state index in [0.29, 0.717) is 0 Å². The number of hydrazine groups is 1. The molecule has 0 saturated carbocycles. The van der Waals surface area contributed by atoms with Crippen LogP contribution in [0, 0.1) is 0 Å². The van der Waals surface area contributed by atoms with Gasteiger partial charge in [0, 0.05) is 12.7 Å². The largest absolute Gasteiger partial charge is 0.316 e. The molecule has 0 saturated heterocycles. The average molecular weight is 225 g/mol. The average Bonchev–Trinajstić information content (AvgIpc) is 2.28. The first-order valence-electron chi connectivity index (χ1n) is 6.43. The Hall–Kier alpha value is -0.830. The number of rotatable bonds is 10. The maximum atomic E-state index is 5.86. The molecule has 0 aliphatic heterocycles. The van der Waals surface area contributed by atoms with E-state index in [1.807, 2.05) is 6.20 Å². The molecule has 0 aromatic rings. The van der Waals surface area contributed by atoms with Crippen molar-refractivity contribution in [2.24, 2.45) is 10.8 Å². The van der Waals surface area contributed by atoms with Crippen LogP contribution in [0.25, 0.3) is 0 Å². The molecule has 16 heavy (non-hydrogen) atoms. The lowest BCUT2D eigenvalue weighted by atomic mass is 10.1. The first-order chi connectivity index (χ1) is 7.74. The minimum absolute atomic E-state index is 0.909. The molecule has 0 rings (SSSR count). The number of hydrogen-bond donors (Lipinski definition) is 1. The fraction of sp³-hybridized carbons (Fsp3) is 0.769. The lowest BCUT2D eigenvalue weighted by Gasteiger charge is -2.14. The van der Waals surface area contributed by atoms with Gasteiger partial charge in [0.05, 0.1) is 5.70 Å². The molecule has 3 heteroatoms. The molecule has 0 aliphatic carbocycles. The van der Waals surface area contributed by atoms with Crippen molar-refractivity contribution in [1.82, 2.24) is 5.01 Å². The quantitative estimate of drug-likeness (QED) is 0.268. The van der Waals surface area contributed by atoms with Crippen LogP contribution in [0.2, 0.25) is 0 Å². The lowest BCUT2D eigenvalue weighted by molar-refractivity contribution is 0.373. The number of hydrogen-bond acceptors (Lipinski definition) is 3. The molecular formula is C13H27N3. The van der Waals surface area contributed by atoms with Crippen LogP contribution in [0.5, 0.6) is 0 Å². The van der Waals surface area contributed by atoms with Crippen molar-refractivity contribution in [1.29, 1.82) is 0 Å². The van der Waals surface area contributed by atoms with Crippen molar-refractivity contribution in [2.75, 3.05) is 6.54 Å². The van der Waals surface area contributed by atoms with Gasteiger partial charge in [-0.25, -0.2) is 5.84 Å².